The fraction of sp³-hybridized carbons (Fsp3) is 0.579. The lowest BCUT2D eigenvalue weighted by Crippen LogP contribution is -2.27. The van der Waals surface area contributed by atoms with E-state index in [1.807, 2.05) is 33.8 Å². The zero-order chi connectivity index (χ0) is 17.7. The molecule has 1 heterocycles. The summed E-state index contributed by atoms with van der Waals surface area (Å²) in [4.78, 5) is 25.1. The molecule has 4 nitrogen and oxygen atoms in total. The Morgan fingerprint density at radius 2 is 2.00 bits per heavy atom. The number of hydrogen-bond donors (Lipinski definition) is 2. The summed E-state index contributed by atoms with van der Waals surface area (Å²) in [5, 5.41) is 6.63. The second kappa shape index (κ2) is 7.97. The highest BCUT2D eigenvalue weighted by Gasteiger charge is 2.23. The summed E-state index contributed by atoms with van der Waals surface area (Å²) in [5.41, 5.74) is 1.91. The van der Waals surface area contributed by atoms with Gasteiger partial charge in [-0.2, -0.15) is 0 Å². The minimum Gasteiger partial charge on any atom is -0.351 e. The topological polar surface area (TPSA) is 58.2 Å². The van der Waals surface area contributed by atoms with Gasteiger partial charge in [0.2, 0.25) is 5.91 Å². The van der Waals surface area contributed by atoms with Crippen molar-refractivity contribution in [1.82, 2.24) is 5.32 Å². The van der Waals surface area contributed by atoms with Crippen molar-refractivity contribution in [3.8, 4) is 0 Å². The van der Waals surface area contributed by atoms with Crippen LogP contribution in [0.4, 0.5) is 5.00 Å². The van der Waals surface area contributed by atoms with Crippen LogP contribution in [0.2, 0.25) is 0 Å². The molecule has 132 valence electrons. The molecule has 2 rings (SSSR count). The summed E-state index contributed by atoms with van der Waals surface area (Å²) in [6.07, 6.45) is 8.13. The van der Waals surface area contributed by atoms with E-state index in [-0.39, 0.29) is 11.8 Å². The van der Waals surface area contributed by atoms with Crippen LogP contribution in [0.25, 0.3) is 0 Å². The number of carbonyl (C=O) groups is 2. The maximum absolute atomic E-state index is 12.4. The molecule has 1 aromatic heterocycles. The van der Waals surface area contributed by atoms with Gasteiger partial charge in [-0.1, -0.05) is 32.4 Å². The van der Waals surface area contributed by atoms with Crippen LogP contribution in [0.15, 0.2) is 17.7 Å². The number of hydrogen-bond acceptors (Lipinski definition) is 3. The van der Waals surface area contributed by atoms with Crippen LogP contribution in [-0.4, -0.2) is 18.4 Å². The average molecular weight is 349 g/mol. The molecule has 0 fully saturated rings. The Bertz CT molecular complexity index is 638. The number of amides is 2. The van der Waals surface area contributed by atoms with Gasteiger partial charge >= 0.3 is 0 Å². The summed E-state index contributed by atoms with van der Waals surface area (Å²) in [5.74, 6) is -0.0925. The zero-order valence-corrected chi connectivity index (χ0v) is 15.9. The van der Waals surface area contributed by atoms with Crippen molar-refractivity contribution in [3.05, 3.63) is 28.2 Å². The number of allylic oxidation sites excluding steroid dienone is 1. The normalized spacial score (nSPS) is 14.9. The first-order chi connectivity index (χ1) is 11.3. The Morgan fingerprint density at radius 3 is 2.62 bits per heavy atom. The van der Waals surface area contributed by atoms with E-state index in [1.54, 1.807) is 0 Å². The molecule has 0 radical (unpaired) electrons. The monoisotopic (exact) mass is 348 g/mol. The van der Waals surface area contributed by atoms with E-state index in [2.05, 4.69) is 16.7 Å². The summed E-state index contributed by atoms with van der Waals surface area (Å²) >= 11 is 1.34. The predicted octanol–water partition coefficient (Wildman–Crippen LogP) is 4.66. The second-order valence-corrected chi connectivity index (χ2v) is 8.49. The Morgan fingerprint density at radius 1 is 1.25 bits per heavy atom. The van der Waals surface area contributed by atoms with Gasteiger partial charge in [-0.15, -0.1) is 11.3 Å². The molecular weight excluding hydrogens is 320 g/mol. The molecule has 5 heteroatoms. The molecule has 1 aliphatic carbocycles. The minimum atomic E-state index is -0.450. The summed E-state index contributed by atoms with van der Waals surface area (Å²) in [6, 6.07) is 1.87. The van der Waals surface area contributed by atoms with Gasteiger partial charge in [0.15, 0.2) is 0 Å². The molecule has 0 spiro atoms. The van der Waals surface area contributed by atoms with E-state index in [0.29, 0.717) is 11.4 Å². The van der Waals surface area contributed by atoms with Gasteiger partial charge in [-0.3, -0.25) is 9.59 Å². The Hall–Kier alpha value is -1.62. The van der Waals surface area contributed by atoms with Crippen LogP contribution >= 0.6 is 11.3 Å². The maximum atomic E-state index is 12.4. The molecule has 0 bridgehead atoms. The van der Waals surface area contributed by atoms with Gasteiger partial charge < -0.3 is 10.6 Å². The lowest BCUT2D eigenvalue weighted by molar-refractivity contribution is -0.123. The standard InChI is InChI=1S/C19H28N2O2S/c1-13-12-15(21-18(23)19(2,3)4)24-16(13)17(22)20-11-10-14-8-6-5-7-9-14/h8,12H,5-7,9-11H2,1-4H3,(H,20,22)(H,21,23). The Labute approximate surface area is 148 Å². The van der Waals surface area contributed by atoms with E-state index < -0.39 is 5.41 Å². The van der Waals surface area contributed by atoms with Crippen molar-refractivity contribution in [2.45, 2.75) is 59.8 Å². The minimum absolute atomic E-state index is 0.0417. The SMILES string of the molecule is Cc1cc(NC(=O)C(C)(C)C)sc1C(=O)NCCC1=CCCCC1. The number of carbonyl (C=O) groups excluding carboxylic acids is 2. The molecule has 1 aliphatic rings. The van der Waals surface area contributed by atoms with Gasteiger partial charge in [0.05, 0.1) is 9.88 Å². The molecule has 1 aromatic rings. The molecule has 0 unspecified atom stereocenters. The zero-order valence-electron chi connectivity index (χ0n) is 15.1. The third-order valence-electron chi connectivity index (χ3n) is 4.16. The second-order valence-electron chi connectivity index (χ2n) is 7.44. The number of aryl methyl sites for hydroxylation is 1. The van der Waals surface area contributed by atoms with Crippen molar-refractivity contribution < 1.29 is 9.59 Å². The van der Waals surface area contributed by atoms with E-state index >= 15 is 0 Å². The highest BCUT2D eigenvalue weighted by Crippen LogP contribution is 2.28. The van der Waals surface area contributed by atoms with Crippen LogP contribution in [0.3, 0.4) is 0 Å². The smallest absolute Gasteiger partial charge is 0.261 e. The van der Waals surface area contributed by atoms with Gasteiger partial charge in [0.25, 0.3) is 5.91 Å². The first kappa shape index (κ1) is 18.7. The number of nitrogens with one attached hydrogen (secondary N) is 2. The van der Waals surface area contributed by atoms with Crippen molar-refractivity contribution >= 4 is 28.2 Å². The van der Waals surface area contributed by atoms with Crippen molar-refractivity contribution in [2.24, 2.45) is 5.41 Å². The van der Waals surface area contributed by atoms with Crippen molar-refractivity contribution in [2.75, 3.05) is 11.9 Å². The fourth-order valence-electron chi connectivity index (χ4n) is 2.62. The summed E-state index contributed by atoms with van der Waals surface area (Å²) in [7, 11) is 0. The van der Waals surface area contributed by atoms with Crippen molar-refractivity contribution in [3.63, 3.8) is 0 Å². The van der Waals surface area contributed by atoms with E-state index in [4.69, 9.17) is 0 Å². The number of thiophene rings is 1. The molecule has 0 atom stereocenters. The summed E-state index contributed by atoms with van der Waals surface area (Å²) < 4.78 is 0. The first-order valence-electron chi connectivity index (χ1n) is 8.65. The highest BCUT2D eigenvalue weighted by molar-refractivity contribution is 7.18. The number of anilines is 1. The molecule has 0 aromatic carbocycles. The number of rotatable bonds is 5. The first-order valence-corrected chi connectivity index (χ1v) is 9.47. The maximum Gasteiger partial charge on any atom is 0.261 e. The van der Waals surface area contributed by atoms with E-state index in [9.17, 15) is 9.59 Å². The van der Waals surface area contributed by atoms with Crippen LogP contribution in [0, 0.1) is 12.3 Å². The van der Waals surface area contributed by atoms with Gasteiger partial charge in [-0.25, -0.2) is 0 Å². The molecular formula is C19H28N2O2S. The summed E-state index contributed by atoms with van der Waals surface area (Å²) in [6.45, 7) is 8.19. The largest absolute Gasteiger partial charge is 0.351 e. The lowest BCUT2D eigenvalue weighted by Gasteiger charge is -2.16. The average Bonchev–Trinajstić information content (AvgIpc) is 2.88. The van der Waals surface area contributed by atoms with Gasteiger partial charge in [-0.05, 0) is 50.7 Å². The molecule has 2 amide bonds. The Kier molecular flexibility index (Phi) is 6.21. The van der Waals surface area contributed by atoms with E-state index in [0.717, 1.165) is 23.4 Å². The van der Waals surface area contributed by atoms with E-state index in [1.165, 1.54) is 36.2 Å². The molecule has 0 saturated carbocycles. The third-order valence-corrected chi connectivity index (χ3v) is 5.31. The van der Waals surface area contributed by atoms with Crippen LogP contribution in [-0.2, 0) is 4.79 Å². The molecule has 0 saturated heterocycles. The van der Waals surface area contributed by atoms with Gasteiger partial charge in [0.1, 0.15) is 0 Å². The van der Waals surface area contributed by atoms with Crippen LogP contribution in [0.5, 0.6) is 0 Å². The van der Waals surface area contributed by atoms with Crippen LogP contribution in [0.1, 0.15) is 68.1 Å². The predicted molar refractivity (Wildman–Crippen MR) is 101 cm³/mol. The third kappa shape index (κ3) is 5.20. The molecule has 2 N–H and O–H groups in total. The lowest BCUT2D eigenvalue weighted by atomic mass is 9.96. The highest BCUT2D eigenvalue weighted by atomic mass is 32.1. The fourth-order valence-corrected chi connectivity index (χ4v) is 3.60. The van der Waals surface area contributed by atoms with Gasteiger partial charge in [0, 0.05) is 12.0 Å². The quantitative estimate of drug-likeness (QED) is 0.760. The molecule has 0 aliphatic heterocycles. The van der Waals surface area contributed by atoms with Crippen LogP contribution < -0.4 is 10.6 Å². The van der Waals surface area contributed by atoms with Crippen molar-refractivity contribution in [1.29, 1.82) is 0 Å². The molecule has 24 heavy (non-hydrogen) atoms. The Balaban J connectivity index is 1.90.